The minimum Gasteiger partial charge on any atom is -0.447 e. The fourth-order valence-corrected chi connectivity index (χ4v) is 2.63. The van der Waals surface area contributed by atoms with Crippen LogP contribution in [0.4, 0.5) is 0 Å². The first-order valence-corrected chi connectivity index (χ1v) is 7.67. The number of hydrogen-bond acceptors (Lipinski definition) is 4. The molecule has 0 radical (unpaired) electrons. The molecule has 18 heavy (non-hydrogen) atoms. The van der Waals surface area contributed by atoms with E-state index in [1.165, 1.54) is 6.07 Å². The Bertz CT molecular complexity index is 465. The Kier molecular flexibility index (Phi) is 5.37. The van der Waals surface area contributed by atoms with Crippen molar-refractivity contribution >= 4 is 10.0 Å². The molecule has 0 aliphatic carbocycles. The van der Waals surface area contributed by atoms with Gasteiger partial charge >= 0.3 is 0 Å². The van der Waals surface area contributed by atoms with Crippen LogP contribution in [0.1, 0.15) is 33.5 Å². The fourth-order valence-electron chi connectivity index (χ4n) is 1.28. The van der Waals surface area contributed by atoms with E-state index in [4.69, 9.17) is 4.42 Å². The van der Waals surface area contributed by atoms with Crippen LogP contribution in [0, 0.1) is 5.92 Å². The third-order valence-electron chi connectivity index (χ3n) is 2.79. The van der Waals surface area contributed by atoms with E-state index in [1.54, 1.807) is 6.07 Å². The van der Waals surface area contributed by atoms with Crippen LogP contribution in [0.25, 0.3) is 0 Å². The number of hydrogen-bond donors (Lipinski definition) is 2. The van der Waals surface area contributed by atoms with Gasteiger partial charge in [-0.2, -0.15) is 0 Å². The number of furan rings is 1. The van der Waals surface area contributed by atoms with E-state index in [2.05, 4.69) is 10.0 Å². The predicted octanol–water partition coefficient (Wildman–Crippen LogP) is 1.71. The van der Waals surface area contributed by atoms with Gasteiger partial charge in [0.05, 0.1) is 6.54 Å². The van der Waals surface area contributed by atoms with Crippen LogP contribution in [0.15, 0.2) is 21.6 Å². The molecule has 0 aliphatic rings. The van der Waals surface area contributed by atoms with Gasteiger partial charge in [0.15, 0.2) is 0 Å². The highest BCUT2D eigenvalue weighted by Gasteiger charge is 2.22. The van der Waals surface area contributed by atoms with E-state index in [0.29, 0.717) is 12.3 Å². The average Bonchev–Trinajstić information content (AvgIpc) is 2.74. The zero-order chi connectivity index (χ0) is 13.8. The maximum absolute atomic E-state index is 12.0. The van der Waals surface area contributed by atoms with Crippen molar-refractivity contribution in [1.29, 1.82) is 0 Å². The number of sulfonamides is 1. The summed E-state index contributed by atoms with van der Waals surface area (Å²) in [4.78, 5) is 0. The molecule has 6 heteroatoms. The third-order valence-corrected chi connectivity index (χ3v) is 4.22. The first-order valence-electron chi connectivity index (χ1n) is 6.18. The molecule has 0 fully saturated rings. The van der Waals surface area contributed by atoms with Gasteiger partial charge in [0.1, 0.15) is 5.76 Å². The van der Waals surface area contributed by atoms with Crippen molar-refractivity contribution in [2.75, 3.05) is 6.54 Å². The van der Waals surface area contributed by atoms with E-state index in [1.807, 2.05) is 27.7 Å². The maximum Gasteiger partial charge on any atom is 0.274 e. The molecule has 2 N–H and O–H groups in total. The topological polar surface area (TPSA) is 71.3 Å². The maximum atomic E-state index is 12.0. The third kappa shape index (κ3) is 4.12. The van der Waals surface area contributed by atoms with Gasteiger partial charge in [-0.15, -0.1) is 0 Å². The molecule has 1 aromatic rings. The quantitative estimate of drug-likeness (QED) is 0.794. The minimum absolute atomic E-state index is 0.0251. The standard InChI is InChI=1S/C12H22N2O3S/c1-5-13-8-11-6-7-12(17-11)18(15,16)14-10(4)9(2)3/h6-7,9-10,13-14H,5,8H2,1-4H3. The second kappa shape index (κ2) is 6.36. The van der Waals surface area contributed by atoms with Crippen LogP contribution in [0.2, 0.25) is 0 Å². The first kappa shape index (κ1) is 15.2. The van der Waals surface area contributed by atoms with Gasteiger partial charge in [-0.05, 0) is 31.5 Å². The van der Waals surface area contributed by atoms with E-state index in [0.717, 1.165) is 6.54 Å². The number of rotatable bonds is 7. The molecule has 0 bridgehead atoms. The molecule has 104 valence electrons. The Morgan fingerprint density at radius 3 is 2.50 bits per heavy atom. The second-order valence-electron chi connectivity index (χ2n) is 4.66. The van der Waals surface area contributed by atoms with Crippen LogP contribution in [-0.4, -0.2) is 21.0 Å². The van der Waals surface area contributed by atoms with E-state index in [9.17, 15) is 8.42 Å². The molecule has 1 unspecified atom stereocenters. The second-order valence-corrected chi connectivity index (χ2v) is 6.30. The van der Waals surface area contributed by atoms with Gasteiger partial charge < -0.3 is 9.73 Å². The Morgan fingerprint density at radius 2 is 1.94 bits per heavy atom. The molecular formula is C12H22N2O3S. The molecule has 5 nitrogen and oxygen atoms in total. The largest absolute Gasteiger partial charge is 0.447 e. The molecule has 0 aliphatic heterocycles. The summed E-state index contributed by atoms with van der Waals surface area (Å²) >= 11 is 0. The fraction of sp³-hybridized carbons (Fsp3) is 0.667. The van der Waals surface area contributed by atoms with Crippen molar-refractivity contribution < 1.29 is 12.8 Å². The zero-order valence-corrected chi connectivity index (χ0v) is 12.2. The number of nitrogens with one attached hydrogen (secondary N) is 2. The van der Waals surface area contributed by atoms with Gasteiger partial charge in [0.25, 0.3) is 10.0 Å². The van der Waals surface area contributed by atoms with Gasteiger partial charge in [0, 0.05) is 6.04 Å². The lowest BCUT2D eigenvalue weighted by atomic mass is 10.1. The summed E-state index contributed by atoms with van der Waals surface area (Å²) in [6, 6.07) is 3.04. The van der Waals surface area contributed by atoms with Crippen molar-refractivity contribution in [3.05, 3.63) is 17.9 Å². The van der Waals surface area contributed by atoms with Crippen molar-refractivity contribution in [2.24, 2.45) is 5.92 Å². The average molecular weight is 274 g/mol. The smallest absolute Gasteiger partial charge is 0.274 e. The lowest BCUT2D eigenvalue weighted by molar-refractivity contribution is 0.395. The van der Waals surface area contributed by atoms with Crippen molar-refractivity contribution in [3.63, 3.8) is 0 Å². The molecule has 1 rings (SSSR count). The summed E-state index contributed by atoms with van der Waals surface area (Å²) in [6.07, 6.45) is 0. The molecule has 1 aromatic heterocycles. The highest BCUT2D eigenvalue weighted by molar-refractivity contribution is 7.89. The molecule has 0 saturated carbocycles. The summed E-state index contributed by atoms with van der Waals surface area (Å²) < 4.78 is 31.9. The summed E-state index contributed by atoms with van der Waals surface area (Å²) in [5, 5.41) is 3.05. The molecule has 0 amide bonds. The van der Waals surface area contributed by atoms with Crippen molar-refractivity contribution in [2.45, 2.75) is 45.4 Å². The molecule has 0 aromatic carbocycles. The van der Waals surface area contributed by atoms with Crippen LogP contribution in [0.5, 0.6) is 0 Å². The molecule has 0 spiro atoms. The van der Waals surface area contributed by atoms with E-state index >= 15 is 0 Å². The van der Waals surface area contributed by atoms with E-state index < -0.39 is 10.0 Å². The summed E-state index contributed by atoms with van der Waals surface area (Å²) in [7, 11) is -3.55. The zero-order valence-electron chi connectivity index (χ0n) is 11.4. The van der Waals surface area contributed by atoms with Gasteiger partial charge in [-0.3, -0.25) is 0 Å². The van der Waals surface area contributed by atoms with E-state index in [-0.39, 0.29) is 17.1 Å². The van der Waals surface area contributed by atoms with Gasteiger partial charge in [0.2, 0.25) is 5.09 Å². The molecule has 1 heterocycles. The Labute approximate surface area is 109 Å². The molecule has 0 saturated heterocycles. The van der Waals surface area contributed by atoms with Crippen LogP contribution < -0.4 is 10.0 Å². The van der Waals surface area contributed by atoms with Crippen molar-refractivity contribution in [1.82, 2.24) is 10.0 Å². The van der Waals surface area contributed by atoms with Crippen LogP contribution >= 0.6 is 0 Å². The Hall–Kier alpha value is -0.850. The van der Waals surface area contributed by atoms with Crippen LogP contribution in [-0.2, 0) is 16.6 Å². The Balaban J connectivity index is 2.76. The SMILES string of the molecule is CCNCc1ccc(S(=O)(=O)NC(C)C(C)C)o1. The lowest BCUT2D eigenvalue weighted by Crippen LogP contribution is -2.35. The van der Waals surface area contributed by atoms with Gasteiger partial charge in [-0.25, -0.2) is 13.1 Å². The summed E-state index contributed by atoms with van der Waals surface area (Å²) in [5.41, 5.74) is 0. The Morgan fingerprint density at radius 1 is 1.28 bits per heavy atom. The van der Waals surface area contributed by atoms with Gasteiger partial charge in [-0.1, -0.05) is 20.8 Å². The highest BCUT2D eigenvalue weighted by Crippen LogP contribution is 2.15. The minimum atomic E-state index is -3.55. The summed E-state index contributed by atoms with van der Waals surface area (Å²) in [6.45, 7) is 9.09. The predicted molar refractivity (Wildman–Crippen MR) is 70.7 cm³/mol. The normalized spacial score (nSPS) is 14.1. The summed E-state index contributed by atoms with van der Waals surface area (Å²) in [5.74, 6) is 0.852. The first-order chi connectivity index (χ1) is 8.36. The monoisotopic (exact) mass is 274 g/mol. The van der Waals surface area contributed by atoms with Crippen LogP contribution in [0.3, 0.4) is 0 Å². The molecular weight excluding hydrogens is 252 g/mol. The highest BCUT2D eigenvalue weighted by atomic mass is 32.2. The molecule has 1 atom stereocenters. The lowest BCUT2D eigenvalue weighted by Gasteiger charge is -2.16. The van der Waals surface area contributed by atoms with Crippen molar-refractivity contribution in [3.8, 4) is 0 Å².